The van der Waals surface area contributed by atoms with Crippen molar-refractivity contribution in [3.8, 4) is 0 Å². The summed E-state index contributed by atoms with van der Waals surface area (Å²) in [6, 6.07) is 9.85. The van der Waals surface area contributed by atoms with E-state index in [1.807, 2.05) is 30.3 Å². The SMILES string of the molecule is COC1(CNC(=O)C(C)(O)CCc2ccccc2)CCOCC1. The molecule has 0 aliphatic carbocycles. The highest BCUT2D eigenvalue weighted by molar-refractivity contribution is 5.84. The number of aryl methyl sites for hydroxylation is 1. The molecule has 2 rings (SSSR count). The summed E-state index contributed by atoms with van der Waals surface area (Å²) in [5.41, 5.74) is -0.669. The molecule has 2 N–H and O–H groups in total. The van der Waals surface area contributed by atoms with E-state index in [0.717, 1.165) is 18.4 Å². The number of methoxy groups -OCH3 is 1. The molecule has 1 fully saturated rings. The number of benzene rings is 1. The summed E-state index contributed by atoms with van der Waals surface area (Å²) in [6.45, 7) is 3.23. The van der Waals surface area contributed by atoms with E-state index in [1.165, 1.54) is 0 Å². The number of amides is 1. The van der Waals surface area contributed by atoms with Crippen molar-refractivity contribution >= 4 is 5.91 Å². The number of hydrogen-bond acceptors (Lipinski definition) is 4. The van der Waals surface area contributed by atoms with Gasteiger partial charge in [0.05, 0.1) is 5.60 Å². The van der Waals surface area contributed by atoms with Crippen LogP contribution in [0.3, 0.4) is 0 Å². The maximum Gasteiger partial charge on any atom is 0.251 e. The number of rotatable bonds is 7. The lowest BCUT2D eigenvalue weighted by molar-refractivity contribution is -0.142. The van der Waals surface area contributed by atoms with Crippen LogP contribution in [0.1, 0.15) is 31.7 Å². The third kappa shape index (κ3) is 5.03. The topological polar surface area (TPSA) is 67.8 Å². The quantitative estimate of drug-likeness (QED) is 0.802. The molecule has 1 aromatic rings. The van der Waals surface area contributed by atoms with Gasteiger partial charge in [0.1, 0.15) is 5.60 Å². The number of carbonyl (C=O) groups is 1. The Balaban J connectivity index is 1.85. The Labute approximate surface area is 138 Å². The molecule has 0 aromatic heterocycles. The van der Waals surface area contributed by atoms with E-state index < -0.39 is 5.60 Å². The maximum atomic E-state index is 12.3. The molecular weight excluding hydrogens is 294 g/mol. The molecule has 1 aliphatic rings. The molecule has 1 amide bonds. The second-order valence-corrected chi connectivity index (χ2v) is 6.44. The summed E-state index contributed by atoms with van der Waals surface area (Å²) in [5.74, 6) is -0.351. The van der Waals surface area contributed by atoms with E-state index in [1.54, 1.807) is 14.0 Å². The zero-order valence-electron chi connectivity index (χ0n) is 14.0. The Bertz CT molecular complexity index is 495. The van der Waals surface area contributed by atoms with Crippen molar-refractivity contribution in [2.45, 2.75) is 43.8 Å². The maximum absolute atomic E-state index is 12.3. The van der Waals surface area contributed by atoms with Gasteiger partial charge in [-0.25, -0.2) is 0 Å². The Morgan fingerprint density at radius 3 is 2.61 bits per heavy atom. The standard InChI is InChI=1S/C18H27NO4/c1-17(21,9-8-15-6-4-3-5-7-15)16(20)19-14-18(22-2)10-12-23-13-11-18/h3-7,21H,8-14H2,1-2H3,(H,19,20). The fourth-order valence-corrected chi connectivity index (χ4v) is 2.77. The molecule has 1 aromatic carbocycles. The van der Waals surface area contributed by atoms with E-state index in [2.05, 4.69) is 5.32 Å². The van der Waals surface area contributed by atoms with Gasteiger partial charge in [-0.15, -0.1) is 0 Å². The van der Waals surface area contributed by atoms with E-state index in [4.69, 9.17) is 9.47 Å². The van der Waals surface area contributed by atoms with Crippen LogP contribution < -0.4 is 5.32 Å². The summed E-state index contributed by atoms with van der Waals surface area (Å²) in [5, 5.41) is 13.3. The number of ether oxygens (including phenoxy) is 2. The summed E-state index contributed by atoms with van der Waals surface area (Å²) in [7, 11) is 1.66. The highest BCUT2D eigenvalue weighted by Gasteiger charge is 2.36. The fraction of sp³-hybridized carbons (Fsp3) is 0.611. The van der Waals surface area contributed by atoms with Crippen LogP contribution in [0.2, 0.25) is 0 Å². The molecule has 1 heterocycles. The van der Waals surface area contributed by atoms with Gasteiger partial charge in [0.25, 0.3) is 5.91 Å². The average molecular weight is 321 g/mol. The van der Waals surface area contributed by atoms with E-state index in [-0.39, 0.29) is 11.5 Å². The van der Waals surface area contributed by atoms with Gasteiger partial charge < -0.3 is 19.9 Å². The van der Waals surface area contributed by atoms with E-state index >= 15 is 0 Å². The number of aliphatic hydroxyl groups is 1. The summed E-state index contributed by atoms with van der Waals surface area (Å²) >= 11 is 0. The largest absolute Gasteiger partial charge is 0.381 e. The molecular formula is C18H27NO4. The number of carbonyl (C=O) groups excluding carboxylic acids is 1. The van der Waals surface area contributed by atoms with Crippen molar-refractivity contribution in [2.75, 3.05) is 26.9 Å². The molecule has 0 saturated carbocycles. The van der Waals surface area contributed by atoms with Gasteiger partial charge in [0.15, 0.2) is 0 Å². The van der Waals surface area contributed by atoms with Gasteiger partial charge in [-0.2, -0.15) is 0 Å². The lowest BCUT2D eigenvalue weighted by Gasteiger charge is -2.36. The summed E-state index contributed by atoms with van der Waals surface area (Å²) < 4.78 is 10.9. The average Bonchev–Trinajstić information content (AvgIpc) is 2.59. The highest BCUT2D eigenvalue weighted by Crippen LogP contribution is 2.24. The first-order valence-corrected chi connectivity index (χ1v) is 8.15. The number of nitrogens with one attached hydrogen (secondary N) is 1. The zero-order chi connectivity index (χ0) is 16.8. The fourth-order valence-electron chi connectivity index (χ4n) is 2.77. The predicted octanol–water partition coefficient (Wildman–Crippen LogP) is 1.68. The van der Waals surface area contributed by atoms with Gasteiger partial charge in [0, 0.05) is 39.7 Å². The van der Waals surface area contributed by atoms with Crippen molar-refractivity contribution < 1.29 is 19.4 Å². The number of hydrogen-bond donors (Lipinski definition) is 2. The first-order chi connectivity index (χ1) is 11.0. The molecule has 1 unspecified atom stereocenters. The van der Waals surface area contributed by atoms with E-state index in [0.29, 0.717) is 32.6 Å². The van der Waals surface area contributed by atoms with Gasteiger partial charge in [-0.3, -0.25) is 4.79 Å². The first kappa shape index (κ1) is 17.9. The van der Waals surface area contributed by atoms with E-state index in [9.17, 15) is 9.90 Å². The van der Waals surface area contributed by atoms with Crippen LogP contribution in [-0.4, -0.2) is 49.1 Å². The molecule has 0 bridgehead atoms. The lowest BCUT2D eigenvalue weighted by atomic mass is 9.92. The molecule has 5 heteroatoms. The minimum atomic E-state index is -1.39. The van der Waals surface area contributed by atoms with Crippen molar-refractivity contribution in [2.24, 2.45) is 0 Å². The molecule has 1 aliphatic heterocycles. The van der Waals surface area contributed by atoms with Crippen LogP contribution >= 0.6 is 0 Å². The Hall–Kier alpha value is -1.43. The Kier molecular flexibility index (Phi) is 6.16. The lowest BCUT2D eigenvalue weighted by Crippen LogP contribution is -2.53. The Morgan fingerprint density at radius 1 is 1.35 bits per heavy atom. The molecule has 23 heavy (non-hydrogen) atoms. The van der Waals surface area contributed by atoms with Crippen molar-refractivity contribution in [1.82, 2.24) is 5.32 Å². The minimum absolute atomic E-state index is 0.351. The minimum Gasteiger partial charge on any atom is -0.381 e. The molecule has 5 nitrogen and oxygen atoms in total. The molecule has 1 atom stereocenters. The second-order valence-electron chi connectivity index (χ2n) is 6.44. The van der Waals surface area contributed by atoms with Crippen molar-refractivity contribution in [3.63, 3.8) is 0 Å². The molecule has 128 valence electrons. The third-order valence-electron chi connectivity index (χ3n) is 4.64. The Morgan fingerprint density at radius 2 is 2.00 bits per heavy atom. The normalized spacial score (nSPS) is 19.8. The van der Waals surface area contributed by atoms with Crippen molar-refractivity contribution in [1.29, 1.82) is 0 Å². The van der Waals surface area contributed by atoms with Gasteiger partial charge in [-0.1, -0.05) is 30.3 Å². The second kappa shape index (κ2) is 7.90. The van der Waals surface area contributed by atoms with Gasteiger partial charge in [0.2, 0.25) is 0 Å². The third-order valence-corrected chi connectivity index (χ3v) is 4.64. The molecule has 1 saturated heterocycles. The van der Waals surface area contributed by atoms with Crippen LogP contribution in [0.4, 0.5) is 0 Å². The van der Waals surface area contributed by atoms with Crippen LogP contribution in [0.15, 0.2) is 30.3 Å². The van der Waals surface area contributed by atoms with Gasteiger partial charge in [-0.05, 0) is 25.3 Å². The van der Waals surface area contributed by atoms with Crippen LogP contribution in [0, 0.1) is 0 Å². The van der Waals surface area contributed by atoms with Crippen molar-refractivity contribution in [3.05, 3.63) is 35.9 Å². The first-order valence-electron chi connectivity index (χ1n) is 8.15. The molecule has 0 spiro atoms. The summed E-state index contributed by atoms with van der Waals surface area (Å²) in [6.07, 6.45) is 2.53. The van der Waals surface area contributed by atoms with Crippen LogP contribution in [0.5, 0.6) is 0 Å². The van der Waals surface area contributed by atoms with Crippen LogP contribution in [0.25, 0.3) is 0 Å². The predicted molar refractivity (Wildman–Crippen MR) is 88.2 cm³/mol. The monoisotopic (exact) mass is 321 g/mol. The summed E-state index contributed by atoms with van der Waals surface area (Å²) in [4.78, 5) is 12.3. The highest BCUT2D eigenvalue weighted by atomic mass is 16.5. The zero-order valence-corrected chi connectivity index (χ0v) is 14.0. The molecule has 0 radical (unpaired) electrons. The smallest absolute Gasteiger partial charge is 0.251 e. The van der Waals surface area contributed by atoms with Gasteiger partial charge >= 0.3 is 0 Å². The van der Waals surface area contributed by atoms with Crippen LogP contribution in [-0.2, 0) is 20.7 Å².